The Hall–Kier alpha value is -1.06. The molecule has 2 rings (SSSR count). The number of aromatic nitrogens is 2. The van der Waals surface area contributed by atoms with Crippen LogP contribution in [0.4, 0.5) is 0 Å². The molecular weight excluding hydrogens is 282 g/mol. The molecule has 1 aromatic heterocycles. The predicted octanol–water partition coefficient (Wildman–Crippen LogP) is 4.58. The quantitative estimate of drug-likeness (QED) is 0.898. The van der Waals surface area contributed by atoms with Gasteiger partial charge in [0.2, 0.25) is 0 Å². The topological polar surface area (TPSA) is 43.8 Å². The molecule has 0 aliphatic rings. The number of halogens is 1. The normalized spacial score (nSPS) is 14.1. The van der Waals surface area contributed by atoms with Crippen molar-refractivity contribution in [3.8, 4) is 0 Å². The molecule has 2 aromatic rings. The molecule has 0 saturated carbocycles. The Kier molecular flexibility index (Phi) is 4.64. The first kappa shape index (κ1) is 16.3. The van der Waals surface area contributed by atoms with Gasteiger partial charge < -0.3 is 10.3 Å². The van der Waals surface area contributed by atoms with Gasteiger partial charge >= 0.3 is 0 Å². The van der Waals surface area contributed by atoms with E-state index in [1.54, 1.807) is 0 Å². The summed E-state index contributed by atoms with van der Waals surface area (Å²) in [6.07, 6.45) is 1.77. The van der Waals surface area contributed by atoms with Crippen LogP contribution in [-0.2, 0) is 6.42 Å². The standard InChI is InChI=1S/C17H26ClN3/c1-11(2)21-15-8-12(18)6-7-14(15)20-16(21)9-13(19)10-17(3,4)5/h6-8,11,13H,9-10,19H2,1-5H3. The molecule has 2 N–H and O–H groups in total. The van der Waals surface area contributed by atoms with E-state index in [4.69, 9.17) is 22.3 Å². The molecule has 0 fully saturated rings. The van der Waals surface area contributed by atoms with Crippen molar-refractivity contribution in [3.05, 3.63) is 29.0 Å². The molecule has 3 nitrogen and oxygen atoms in total. The molecule has 21 heavy (non-hydrogen) atoms. The minimum absolute atomic E-state index is 0.120. The van der Waals surface area contributed by atoms with E-state index in [0.29, 0.717) is 6.04 Å². The second kappa shape index (κ2) is 5.98. The number of rotatable bonds is 4. The first-order chi connectivity index (χ1) is 9.67. The Labute approximate surface area is 132 Å². The van der Waals surface area contributed by atoms with E-state index in [-0.39, 0.29) is 11.5 Å². The molecular formula is C17H26ClN3. The summed E-state index contributed by atoms with van der Waals surface area (Å²) in [5.74, 6) is 1.05. The largest absolute Gasteiger partial charge is 0.327 e. The highest BCUT2D eigenvalue weighted by molar-refractivity contribution is 6.31. The SMILES string of the molecule is CC(C)n1c(CC(N)CC(C)(C)C)nc2ccc(Cl)cc21. The molecule has 1 aromatic carbocycles. The van der Waals surface area contributed by atoms with Crippen molar-refractivity contribution in [2.45, 2.75) is 59.5 Å². The minimum Gasteiger partial charge on any atom is -0.327 e. The summed E-state index contributed by atoms with van der Waals surface area (Å²) in [4.78, 5) is 4.77. The summed E-state index contributed by atoms with van der Waals surface area (Å²) >= 11 is 6.13. The third kappa shape index (κ3) is 3.98. The molecule has 0 spiro atoms. The second-order valence-corrected chi connectivity index (χ2v) is 7.79. The van der Waals surface area contributed by atoms with E-state index in [0.717, 1.165) is 34.7 Å². The van der Waals surface area contributed by atoms with E-state index in [1.165, 1.54) is 0 Å². The molecule has 0 aliphatic carbocycles. The van der Waals surface area contributed by atoms with Crippen molar-refractivity contribution in [1.29, 1.82) is 0 Å². The molecule has 0 aliphatic heterocycles. The van der Waals surface area contributed by atoms with E-state index >= 15 is 0 Å². The summed E-state index contributed by atoms with van der Waals surface area (Å²) < 4.78 is 2.25. The van der Waals surface area contributed by atoms with E-state index < -0.39 is 0 Å². The van der Waals surface area contributed by atoms with Crippen LogP contribution in [0.5, 0.6) is 0 Å². The lowest BCUT2D eigenvalue weighted by Crippen LogP contribution is -2.29. The van der Waals surface area contributed by atoms with Gasteiger partial charge in [0.25, 0.3) is 0 Å². The Bertz CT molecular complexity index is 623. The van der Waals surface area contributed by atoms with Crippen molar-refractivity contribution < 1.29 is 0 Å². The van der Waals surface area contributed by atoms with Crippen LogP contribution in [0.2, 0.25) is 5.02 Å². The second-order valence-electron chi connectivity index (χ2n) is 7.35. The first-order valence-electron chi connectivity index (χ1n) is 7.59. The molecule has 0 saturated heterocycles. The number of imidazole rings is 1. The fourth-order valence-electron chi connectivity index (χ4n) is 2.93. The molecule has 4 heteroatoms. The third-order valence-electron chi connectivity index (χ3n) is 3.56. The third-order valence-corrected chi connectivity index (χ3v) is 3.80. The maximum absolute atomic E-state index is 6.33. The lowest BCUT2D eigenvalue weighted by molar-refractivity contribution is 0.334. The zero-order valence-electron chi connectivity index (χ0n) is 13.7. The van der Waals surface area contributed by atoms with Gasteiger partial charge in [-0.2, -0.15) is 0 Å². The summed E-state index contributed by atoms with van der Waals surface area (Å²) in [6, 6.07) is 6.32. The van der Waals surface area contributed by atoms with Gasteiger partial charge in [0.1, 0.15) is 5.82 Å². The van der Waals surface area contributed by atoms with Crippen molar-refractivity contribution in [2.24, 2.45) is 11.1 Å². The highest BCUT2D eigenvalue weighted by Gasteiger charge is 2.20. The Morgan fingerprint density at radius 2 is 1.95 bits per heavy atom. The predicted molar refractivity (Wildman–Crippen MR) is 90.9 cm³/mol. The lowest BCUT2D eigenvalue weighted by Gasteiger charge is -2.23. The zero-order chi connectivity index (χ0) is 15.8. The van der Waals surface area contributed by atoms with Crippen molar-refractivity contribution in [3.63, 3.8) is 0 Å². The smallest absolute Gasteiger partial charge is 0.111 e. The summed E-state index contributed by atoms with van der Waals surface area (Å²) in [5, 5.41) is 0.745. The van der Waals surface area contributed by atoms with Gasteiger partial charge in [-0.05, 0) is 43.9 Å². The highest BCUT2D eigenvalue weighted by atomic mass is 35.5. The van der Waals surface area contributed by atoms with E-state index in [1.807, 2.05) is 18.2 Å². The summed E-state index contributed by atoms with van der Waals surface area (Å²) in [5.41, 5.74) is 8.65. The van der Waals surface area contributed by atoms with Crippen molar-refractivity contribution >= 4 is 22.6 Å². The maximum Gasteiger partial charge on any atom is 0.111 e. The van der Waals surface area contributed by atoms with Gasteiger partial charge in [0.15, 0.2) is 0 Å². The van der Waals surface area contributed by atoms with Gasteiger partial charge in [-0.3, -0.25) is 0 Å². The molecule has 1 atom stereocenters. The Morgan fingerprint density at radius 3 is 2.52 bits per heavy atom. The Morgan fingerprint density at radius 1 is 1.29 bits per heavy atom. The number of hydrogen-bond acceptors (Lipinski definition) is 2. The highest BCUT2D eigenvalue weighted by Crippen LogP contribution is 2.26. The van der Waals surface area contributed by atoms with Crippen LogP contribution in [0.3, 0.4) is 0 Å². The van der Waals surface area contributed by atoms with Crippen LogP contribution in [0.1, 0.15) is 52.9 Å². The first-order valence-corrected chi connectivity index (χ1v) is 7.97. The van der Waals surface area contributed by atoms with Crippen LogP contribution in [0.15, 0.2) is 18.2 Å². The number of fused-ring (bicyclic) bond motifs is 1. The number of nitrogens with zero attached hydrogens (tertiary/aromatic N) is 2. The van der Waals surface area contributed by atoms with Crippen molar-refractivity contribution in [2.75, 3.05) is 0 Å². The fourth-order valence-corrected chi connectivity index (χ4v) is 3.10. The van der Waals surface area contributed by atoms with Crippen molar-refractivity contribution in [1.82, 2.24) is 9.55 Å². The average molecular weight is 308 g/mol. The van der Waals surface area contributed by atoms with Gasteiger partial charge in [-0.25, -0.2) is 4.98 Å². The lowest BCUT2D eigenvalue weighted by atomic mass is 9.87. The average Bonchev–Trinajstić information content (AvgIpc) is 2.63. The van der Waals surface area contributed by atoms with Gasteiger partial charge in [0.05, 0.1) is 11.0 Å². The van der Waals surface area contributed by atoms with Crippen LogP contribution in [0, 0.1) is 5.41 Å². The Balaban J connectivity index is 2.37. The molecule has 116 valence electrons. The van der Waals surface area contributed by atoms with E-state index in [9.17, 15) is 0 Å². The fraction of sp³-hybridized carbons (Fsp3) is 0.588. The maximum atomic E-state index is 6.33. The molecule has 0 amide bonds. The zero-order valence-corrected chi connectivity index (χ0v) is 14.4. The van der Waals surface area contributed by atoms with Crippen LogP contribution in [0.25, 0.3) is 11.0 Å². The molecule has 1 heterocycles. The summed E-state index contributed by atoms with van der Waals surface area (Å²) in [7, 11) is 0. The monoisotopic (exact) mass is 307 g/mol. The minimum atomic E-state index is 0.120. The molecule has 1 unspecified atom stereocenters. The van der Waals surface area contributed by atoms with Crippen LogP contribution < -0.4 is 5.73 Å². The van der Waals surface area contributed by atoms with Gasteiger partial charge in [0, 0.05) is 23.5 Å². The van der Waals surface area contributed by atoms with Gasteiger partial charge in [-0.1, -0.05) is 32.4 Å². The number of hydrogen-bond donors (Lipinski definition) is 1. The van der Waals surface area contributed by atoms with Crippen LogP contribution >= 0.6 is 11.6 Å². The van der Waals surface area contributed by atoms with Gasteiger partial charge in [-0.15, -0.1) is 0 Å². The number of benzene rings is 1. The van der Waals surface area contributed by atoms with E-state index in [2.05, 4.69) is 39.2 Å². The van der Waals surface area contributed by atoms with Crippen LogP contribution in [-0.4, -0.2) is 15.6 Å². The molecule has 0 bridgehead atoms. The number of nitrogens with two attached hydrogens (primary N) is 1. The summed E-state index contributed by atoms with van der Waals surface area (Å²) in [6.45, 7) is 11.0. The molecule has 0 radical (unpaired) electrons.